The molecule has 0 atom stereocenters. The molecule has 0 aliphatic carbocycles. The van der Waals surface area contributed by atoms with Gasteiger partial charge in [0.05, 0.1) is 17.1 Å². The van der Waals surface area contributed by atoms with E-state index in [4.69, 9.17) is 0 Å². The van der Waals surface area contributed by atoms with Crippen molar-refractivity contribution >= 4 is 22.1 Å². The summed E-state index contributed by atoms with van der Waals surface area (Å²) in [6, 6.07) is 32.5. The molecule has 33 heavy (non-hydrogen) atoms. The van der Waals surface area contributed by atoms with Crippen LogP contribution in [-0.2, 0) is 6.18 Å². The fourth-order valence-electron chi connectivity index (χ4n) is 3.91. The third-order valence-corrected chi connectivity index (χ3v) is 5.45. The van der Waals surface area contributed by atoms with E-state index in [0.717, 1.165) is 16.3 Å². The molecule has 1 N–H and O–H groups in total. The highest BCUT2D eigenvalue weighted by Crippen LogP contribution is 2.43. The highest BCUT2D eigenvalue weighted by Gasteiger charge is 2.38. The van der Waals surface area contributed by atoms with Crippen molar-refractivity contribution in [1.82, 2.24) is 4.98 Å². The maximum atomic E-state index is 14.4. The molecule has 5 aromatic rings. The third-order valence-electron chi connectivity index (χ3n) is 5.45. The fourth-order valence-corrected chi connectivity index (χ4v) is 3.91. The molecule has 0 saturated heterocycles. The van der Waals surface area contributed by atoms with E-state index in [1.54, 1.807) is 54.6 Å². The summed E-state index contributed by atoms with van der Waals surface area (Å²) in [5, 5.41) is 5.03. The van der Waals surface area contributed by atoms with E-state index < -0.39 is 11.7 Å². The first-order valence-corrected chi connectivity index (χ1v) is 10.5. The van der Waals surface area contributed by atoms with Crippen LogP contribution in [0.1, 0.15) is 5.56 Å². The molecule has 1 heterocycles. The number of aromatic nitrogens is 1. The number of nitrogens with one attached hydrogen (secondary N) is 1. The molecular weight excluding hydrogens is 421 g/mol. The number of nitrogens with zero attached hydrogens (tertiary/aromatic N) is 1. The Morgan fingerprint density at radius 1 is 0.606 bits per heavy atom. The predicted molar refractivity (Wildman–Crippen MR) is 127 cm³/mol. The number of benzene rings is 4. The lowest BCUT2D eigenvalue weighted by Gasteiger charge is -2.20. The summed E-state index contributed by atoms with van der Waals surface area (Å²) in [6.45, 7) is 0. The van der Waals surface area contributed by atoms with Crippen LogP contribution in [0.3, 0.4) is 0 Å². The number of hydrogen-bond acceptors (Lipinski definition) is 2. The monoisotopic (exact) mass is 440 g/mol. The first kappa shape index (κ1) is 20.8. The number of anilines is 2. The van der Waals surface area contributed by atoms with Gasteiger partial charge in [-0.05, 0) is 35.0 Å². The van der Waals surface area contributed by atoms with Crippen LogP contribution in [0.4, 0.5) is 24.5 Å². The highest BCUT2D eigenvalue weighted by molar-refractivity contribution is 5.88. The highest BCUT2D eigenvalue weighted by atomic mass is 19.4. The Labute approximate surface area is 189 Å². The van der Waals surface area contributed by atoms with Crippen molar-refractivity contribution < 1.29 is 13.2 Å². The Bertz CT molecular complexity index is 1410. The molecule has 0 unspecified atom stereocenters. The average Bonchev–Trinajstić information content (AvgIpc) is 2.84. The number of pyridine rings is 1. The number of alkyl halides is 3. The van der Waals surface area contributed by atoms with E-state index in [0.29, 0.717) is 16.9 Å². The van der Waals surface area contributed by atoms with Crippen LogP contribution in [0, 0.1) is 0 Å². The predicted octanol–water partition coefficient (Wildman–Crippen LogP) is 8.33. The zero-order chi connectivity index (χ0) is 22.8. The van der Waals surface area contributed by atoms with Gasteiger partial charge in [-0.1, -0.05) is 84.9 Å². The van der Waals surface area contributed by atoms with E-state index in [9.17, 15) is 13.2 Å². The van der Waals surface area contributed by atoms with Gasteiger partial charge < -0.3 is 5.32 Å². The molecule has 2 nitrogen and oxygen atoms in total. The van der Waals surface area contributed by atoms with Gasteiger partial charge in [-0.2, -0.15) is 13.2 Å². The molecule has 0 aliphatic rings. The van der Waals surface area contributed by atoms with Crippen molar-refractivity contribution in [2.75, 3.05) is 5.32 Å². The van der Waals surface area contributed by atoms with Gasteiger partial charge in [0.15, 0.2) is 0 Å². The average molecular weight is 440 g/mol. The molecule has 1 aromatic heterocycles. The van der Waals surface area contributed by atoms with Crippen molar-refractivity contribution in [3.8, 4) is 22.5 Å². The molecule has 5 heteroatoms. The van der Waals surface area contributed by atoms with Crippen LogP contribution in [0.25, 0.3) is 33.3 Å². The molecule has 0 saturated carbocycles. The van der Waals surface area contributed by atoms with Gasteiger partial charge in [-0.15, -0.1) is 0 Å². The van der Waals surface area contributed by atoms with Crippen LogP contribution in [0.2, 0.25) is 0 Å². The second-order valence-corrected chi connectivity index (χ2v) is 7.70. The lowest BCUT2D eigenvalue weighted by Crippen LogP contribution is -2.13. The van der Waals surface area contributed by atoms with E-state index in [2.05, 4.69) is 10.3 Å². The summed E-state index contributed by atoms with van der Waals surface area (Å²) in [5.41, 5.74) is 1.25. The number of para-hydroxylation sites is 1. The summed E-state index contributed by atoms with van der Waals surface area (Å²) in [6.07, 6.45) is -4.60. The minimum absolute atomic E-state index is 0.0364. The lowest BCUT2D eigenvalue weighted by atomic mass is 9.99. The summed E-state index contributed by atoms with van der Waals surface area (Å²) < 4.78 is 43.1. The second-order valence-electron chi connectivity index (χ2n) is 7.70. The minimum Gasteiger partial charge on any atom is -0.355 e. The normalized spacial score (nSPS) is 11.5. The summed E-state index contributed by atoms with van der Waals surface area (Å²) in [7, 11) is 0. The fraction of sp³-hybridized carbons (Fsp3) is 0.0357. The van der Waals surface area contributed by atoms with Gasteiger partial charge >= 0.3 is 6.18 Å². The van der Waals surface area contributed by atoms with Gasteiger partial charge in [-0.3, -0.25) is 0 Å². The van der Waals surface area contributed by atoms with Crippen molar-refractivity contribution in [2.45, 2.75) is 6.18 Å². The topological polar surface area (TPSA) is 24.9 Å². The summed E-state index contributed by atoms with van der Waals surface area (Å²) in [5.74, 6) is 0. The van der Waals surface area contributed by atoms with Crippen LogP contribution in [0.15, 0.2) is 109 Å². The van der Waals surface area contributed by atoms with Gasteiger partial charge in [0, 0.05) is 16.8 Å². The Hall–Kier alpha value is -4.12. The van der Waals surface area contributed by atoms with Gasteiger partial charge in [0.2, 0.25) is 0 Å². The molecule has 0 spiro atoms. The van der Waals surface area contributed by atoms with Gasteiger partial charge in [0.25, 0.3) is 0 Å². The van der Waals surface area contributed by atoms with E-state index in [-0.39, 0.29) is 11.4 Å². The Morgan fingerprint density at radius 3 is 1.94 bits per heavy atom. The van der Waals surface area contributed by atoms with E-state index in [1.807, 2.05) is 48.5 Å². The summed E-state index contributed by atoms with van der Waals surface area (Å²) in [4.78, 5) is 4.53. The summed E-state index contributed by atoms with van der Waals surface area (Å²) >= 11 is 0. The zero-order valence-electron chi connectivity index (χ0n) is 17.5. The van der Waals surface area contributed by atoms with Crippen LogP contribution >= 0.6 is 0 Å². The number of hydrogen-bond donors (Lipinski definition) is 1. The lowest BCUT2D eigenvalue weighted by molar-refractivity contribution is -0.136. The maximum Gasteiger partial charge on any atom is 0.420 e. The number of fused-ring (bicyclic) bond motifs is 1. The molecule has 0 fully saturated rings. The Kier molecular flexibility index (Phi) is 5.31. The first-order valence-electron chi connectivity index (χ1n) is 10.5. The van der Waals surface area contributed by atoms with E-state index in [1.165, 1.54) is 6.07 Å². The molecule has 0 bridgehead atoms. The smallest absolute Gasteiger partial charge is 0.355 e. The molecule has 4 aromatic carbocycles. The van der Waals surface area contributed by atoms with Crippen molar-refractivity contribution in [1.29, 1.82) is 0 Å². The van der Waals surface area contributed by atoms with Crippen molar-refractivity contribution in [3.63, 3.8) is 0 Å². The van der Waals surface area contributed by atoms with Crippen molar-refractivity contribution in [3.05, 3.63) is 115 Å². The molecule has 0 aliphatic heterocycles. The standard InChI is InChI=1S/C28H19F3N2/c29-28(30,31)26-25(32-23-13-5-2-6-14-23)18-24(33-27(26)20-10-3-1-4-11-20)22-16-15-19-9-7-8-12-21(19)17-22/h1-18H,(H,32,33). The van der Waals surface area contributed by atoms with Gasteiger partial charge in [0.1, 0.15) is 5.56 Å². The third kappa shape index (κ3) is 4.30. The van der Waals surface area contributed by atoms with Crippen LogP contribution in [-0.4, -0.2) is 4.98 Å². The number of halogens is 3. The van der Waals surface area contributed by atoms with Crippen LogP contribution < -0.4 is 5.32 Å². The quantitative estimate of drug-likeness (QED) is 0.304. The van der Waals surface area contributed by atoms with Gasteiger partial charge in [-0.25, -0.2) is 4.98 Å². The minimum atomic E-state index is -4.60. The zero-order valence-corrected chi connectivity index (χ0v) is 17.5. The largest absolute Gasteiger partial charge is 0.420 e. The number of rotatable bonds is 4. The molecule has 5 rings (SSSR count). The molecular formula is C28H19F3N2. The SMILES string of the molecule is FC(F)(F)c1c(Nc2ccccc2)cc(-c2ccc3ccccc3c2)nc1-c1ccccc1. The molecule has 162 valence electrons. The maximum absolute atomic E-state index is 14.4. The Morgan fingerprint density at radius 2 is 1.24 bits per heavy atom. The van der Waals surface area contributed by atoms with E-state index >= 15 is 0 Å². The first-order chi connectivity index (χ1) is 16.0. The van der Waals surface area contributed by atoms with Crippen LogP contribution in [0.5, 0.6) is 0 Å². The molecule has 0 amide bonds. The molecule has 0 radical (unpaired) electrons. The Balaban J connectivity index is 1.77. The second kappa shape index (κ2) is 8.43. The van der Waals surface area contributed by atoms with Crippen molar-refractivity contribution in [2.24, 2.45) is 0 Å².